The van der Waals surface area contributed by atoms with E-state index >= 15 is 0 Å². The second-order valence-electron chi connectivity index (χ2n) is 3.96. The molecule has 0 saturated carbocycles. The van der Waals surface area contributed by atoms with Crippen molar-refractivity contribution in [3.63, 3.8) is 0 Å². The van der Waals surface area contributed by atoms with Crippen molar-refractivity contribution < 1.29 is 9.84 Å². The SMILES string of the molecule is COc1ccc(C(O)c2cc(I)ccc2Br)cc1Br. The summed E-state index contributed by atoms with van der Waals surface area (Å²) in [6.07, 6.45) is -0.675. The Morgan fingerprint density at radius 3 is 2.47 bits per heavy atom. The van der Waals surface area contributed by atoms with E-state index in [1.165, 1.54) is 0 Å². The minimum atomic E-state index is -0.675. The van der Waals surface area contributed by atoms with Gasteiger partial charge in [-0.2, -0.15) is 0 Å². The van der Waals surface area contributed by atoms with Crippen LogP contribution in [0, 0.1) is 3.57 Å². The maximum atomic E-state index is 10.5. The van der Waals surface area contributed by atoms with E-state index in [1.807, 2.05) is 36.4 Å². The first-order chi connectivity index (χ1) is 9.02. The Kier molecular flexibility index (Phi) is 5.28. The number of rotatable bonds is 3. The lowest BCUT2D eigenvalue weighted by atomic mass is 10.0. The Morgan fingerprint density at radius 2 is 1.84 bits per heavy atom. The molecular formula is C14H11Br2IO2. The molecule has 0 heterocycles. The standard InChI is InChI=1S/C14H11Br2IO2/c1-19-13-5-2-8(6-12(13)16)14(18)10-7-9(17)3-4-11(10)15/h2-7,14,18H,1H3. The molecule has 19 heavy (non-hydrogen) atoms. The molecule has 5 heteroatoms. The first-order valence-corrected chi connectivity index (χ1v) is 8.16. The predicted octanol–water partition coefficient (Wildman–Crippen LogP) is 4.91. The summed E-state index contributed by atoms with van der Waals surface area (Å²) in [6.45, 7) is 0. The van der Waals surface area contributed by atoms with E-state index in [4.69, 9.17) is 4.74 Å². The second-order valence-corrected chi connectivity index (χ2v) is 6.92. The summed E-state index contributed by atoms with van der Waals surface area (Å²) in [4.78, 5) is 0. The zero-order valence-corrected chi connectivity index (χ0v) is 15.4. The highest BCUT2D eigenvalue weighted by Gasteiger charge is 2.15. The summed E-state index contributed by atoms with van der Waals surface area (Å²) in [6, 6.07) is 11.5. The summed E-state index contributed by atoms with van der Waals surface area (Å²) in [5.41, 5.74) is 1.67. The third-order valence-electron chi connectivity index (χ3n) is 2.74. The fourth-order valence-electron chi connectivity index (χ4n) is 1.76. The number of hydrogen-bond acceptors (Lipinski definition) is 2. The molecule has 1 N–H and O–H groups in total. The van der Waals surface area contributed by atoms with E-state index in [0.717, 1.165) is 29.4 Å². The molecule has 0 bridgehead atoms. The van der Waals surface area contributed by atoms with Crippen LogP contribution < -0.4 is 4.74 Å². The van der Waals surface area contributed by atoms with Crippen molar-refractivity contribution in [1.29, 1.82) is 0 Å². The Bertz CT molecular complexity index is 602. The lowest BCUT2D eigenvalue weighted by molar-refractivity contribution is 0.219. The summed E-state index contributed by atoms with van der Waals surface area (Å²) in [5.74, 6) is 0.748. The van der Waals surface area contributed by atoms with E-state index < -0.39 is 6.10 Å². The quantitative estimate of drug-likeness (QED) is 0.611. The van der Waals surface area contributed by atoms with Crippen LogP contribution in [0.5, 0.6) is 5.75 Å². The zero-order valence-electron chi connectivity index (χ0n) is 10.0. The molecule has 2 aromatic rings. The fraction of sp³-hybridized carbons (Fsp3) is 0.143. The number of hydrogen-bond donors (Lipinski definition) is 1. The Labute approximate surface area is 142 Å². The van der Waals surface area contributed by atoms with Crippen molar-refractivity contribution in [2.75, 3.05) is 7.11 Å². The first kappa shape index (κ1) is 15.3. The Hall–Kier alpha value is -0.110. The number of methoxy groups -OCH3 is 1. The normalized spacial score (nSPS) is 12.3. The molecule has 0 aliphatic rings. The number of aliphatic hydroxyl groups is 1. The van der Waals surface area contributed by atoms with Crippen LogP contribution in [0.1, 0.15) is 17.2 Å². The van der Waals surface area contributed by atoms with Gasteiger partial charge in [-0.1, -0.05) is 22.0 Å². The van der Waals surface area contributed by atoms with Crippen molar-refractivity contribution in [2.24, 2.45) is 0 Å². The van der Waals surface area contributed by atoms with Gasteiger partial charge in [0.05, 0.1) is 11.6 Å². The molecular weight excluding hydrogens is 487 g/mol. The van der Waals surface area contributed by atoms with Crippen LogP contribution >= 0.6 is 54.5 Å². The van der Waals surface area contributed by atoms with Gasteiger partial charge in [0.25, 0.3) is 0 Å². The first-order valence-electron chi connectivity index (χ1n) is 5.49. The number of aliphatic hydroxyl groups excluding tert-OH is 1. The molecule has 2 nitrogen and oxygen atoms in total. The predicted molar refractivity (Wildman–Crippen MR) is 91.6 cm³/mol. The van der Waals surface area contributed by atoms with Gasteiger partial charge >= 0.3 is 0 Å². The van der Waals surface area contributed by atoms with Gasteiger partial charge in [0.15, 0.2) is 0 Å². The van der Waals surface area contributed by atoms with Crippen LogP contribution in [0.4, 0.5) is 0 Å². The summed E-state index contributed by atoms with van der Waals surface area (Å²) in [5, 5.41) is 10.5. The molecule has 0 radical (unpaired) electrons. The number of halogens is 3. The molecule has 0 fully saturated rings. The lowest BCUT2D eigenvalue weighted by Gasteiger charge is -2.15. The third-order valence-corrected chi connectivity index (χ3v) is 4.76. The summed E-state index contributed by atoms with van der Waals surface area (Å²) in [7, 11) is 1.62. The van der Waals surface area contributed by atoms with Gasteiger partial charge in [-0.3, -0.25) is 0 Å². The van der Waals surface area contributed by atoms with Crippen molar-refractivity contribution in [3.05, 3.63) is 60.0 Å². The molecule has 0 saturated heterocycles. The molecule has 0 aliphatic heterocycles. The third kappa shape index (κ3) is 3.51. The highest BCUT2D eigenvalue weighted by atomic mass is 127. The largest absolute Gasteiger partial charge is 0.496 e. The van der Waals surface area contributed by atoms with Gasteiger partial charge in [-0.15, -0.1) is 0 Å². The highest BCUT2D eigenvalue weighted by Crippen LogP contribution is 2.33. The van der Waals surface area contributed by atoms with Crippen LogP contribution in [0.2, 0.25) is 0 Å². The van der Waals surface area contributed by atoms with Crippen LogP contribution in [0.3, 0.4) is 0 Å². The van der Waals surface area contributed by atoms with Crippen molar-refractivity contribution in [2.45, 2.75) is 6.10 Å². The van der Waals surface area contributed by atoms with E-state index in [2.05, 4.69) is 54.5 Å². The molecule has 1 unspecified atom stereocenters. The number of benzene rings is 2. The zero-order chi connectivity index (χ0) is 14.0. The van der Waals surface area contributed by atoms with Gasteiger partial charge in [-0.05, 0) is 74.4 Å². The topological polar surface area (TPSA) is 29.5 Å². The minimum Gasteiger partial charge on any atom is -0.496 e. The minimum absolute atomic E-state index is 0.675. The molecule has 2 rings (SSSR count). The van der Waals surface area contributed by atoms with Crippen LogP contribution in [0.15, 0.2) is 45.3 Å². The molecule has 1 atom stereocenters. The molecule has 0 aliphatic carbocycles. The van der Waals surface area contributed by atoms with Gasteiger partial charge < -0.3 is 9.84 Å². The number of ether oxygens (including phenoxy) is 1. The Morgan fingerprint density at radius 1 is 1.11 bits per heavy atom. The second kappa shape index (κ2) is 6.56. The fourth-order valence-corrected chi connectivity index (χ4v) is 3.29. The smallest absolute Gasteiger partial charge is 0.133 e. The van der Waals surface area contributed by atoms with Crippen LogP contribution in [-0.2, 0) is 0 Å². The van der Waals surface area contributed by atoms with E-state index in [-0.39, 0.29) is 0 Å². The van der Waals surface area contributed by atoms with Gasteiger partial charge in [0.1, 0.15) is 11.9 Å². The van der Waals surface area contributed by atoms with E-state index in [1.54, 1.807) is 7.11 Å². The van der Waals surface area contributed by atoms with E-state index in [9.17, 15) is 5.11 Å². The molecule has 100 valence electrons. The molecule has 0 aromatic heterocycles. The van der Waals surface area contributed by atoms with Gasteiger partial charge in [-0.25, -0.2) is 0 Å². The molecule has 0 spiro atoms. The maximum absolute atomic E-state index is 10.5. The molecule has 2 aromatic carbocycles. The molecule has 0 amide bonds. The van der Waals surface area contributed by atoms with Crippen molar-refractivity contribution >= 4 is 54.5 Å². The Balaban J connectivity index is 2.41. The van der Waals surface area contributed by atoms with Crippen molar-refractivity contribution in [3.8, 4) is 5.75 Å². The monoisotopic (exact) mass is 496 g/mol. The lowest BCUT2D eigenvalue weighted by Crippen LogP contribution is -2.01. The van der Waals surface area contributed by atoms with E-state index in [0.29, 0.717) is 0 Å². The summed E-state index contributed by atoms with van der Waals surface area (Å²) >= 11 is 9.14. The average Bonchev–Trinajstić information content (AvgIpc) is 2.40. The average molecular weight is 498 g/mol. The highest BCUT2D eigenvalue weighted by molar-refractivity contribution is 14.1. The van der Waals surface area contributed by atoms with Crippen LogP contribution in [-0.4, -0.2) is 12.2 Å². The van der Waals surface area contributed by atoms with Crippen molar-refractivity contribution in [1.82, 2.24) is 0 Å². The van der Waals surface area contributed by atoms with Gasteiger partial charge in [0.2, 0.25) is 0 Å². The maximum Gasteiger partial charge on any atom is 0.133 e. The summed E-state index contributed by atoms with van der Waals surface area (Å²) < 4.78 is 8.00. The van der Waals surface area contributed by atoms with Crippen LogP contribution in [0.25, 0.3) is 0 Å². The van der Waals surface area contributed by atoms with Gasteiger partial charge in [0, 0.05) is 13.6 Å².